The quantitative estimate of drug-likeness (QED) is 0.712. The Kier molecular flexibility index (Phi) is 8.30. The van der Waals surface area contributed by atoms with Crippen molar-refractivity contribution in [3.05, 3.63) is 33.8 Å². The third-order valence-electron chi connectivity index (χ3n) is 2.95. The van der Waals surface area contributed by atoms with Gasteiger partial charge in [-0.25, -0.2) is 4.79 Å². The molecule has 0 heterocycles. The van der Waals surface area contributed by atoms with E-state index in [0.29, 0.717) is 29.7 Å². The molecule has 5 nitrogen and oxygen atoms in total. The van der Waals surface area contributed by atoms with Gasteiger partial charge in [-0.2, -0.15) is 0 Å². The molecule has 1 atom stereocenters. The molecule has 0 aliphatic rings. The molecular formula is C17H26Cl2N2O3. The second-order valence-electron chi connectivity index (χ2n) is 6.73. The molecule has 136 valence electrons. The first-order valence-electron chi connectivity index (χ1n) is 7.88. The molecule has 0 aliphatic heterocycles. The summed E-state index contributed by atoms with van der Waals surface area (Å²) in [6.45, 7) is 8.85. The summed E-state index contributed by atoms with van der Waals surface area (Å²) in [5.74, 6) is 0. The lowest BCUT2D eigenvalue weighted by atomic mass is 10.2. The van der Waals surface area contributed by atoms with Crippen molar-refractivity contribution >= 4 is 29.3 Å². The topological polar surface area (TPSA) is 61.8 Å². The molecule has 0 fully saturated rings. The Labute approximate surface area is 153 Å². The van der Waals surface area contributed by atoms with Crippen molar-refractivity contribution in [2.75, 3.05) is 19.6 Å². The standard InChI is InChI=1S/C17H26Cl2N2O3/c1-12(22)11-21(16(23)24-17(2,3)4)6-5-20-10-13-7-14(18)9-15(19)8-13/h7-9,12,20,22H,5-6,10-11H2,1-4H3. The molecule has 1 aromatic rings. The minimum absolute atomic E-state index is 0.222. The second-order valence-corrected chi connectivity index (χ2v) is 7.60. The first-order valence-corrected chi connectivity index (χ1v) is 8.64. The summed E-state index contributed by atoms with van der Waals surface area (Å²) in [6.07, 6.45) is -1.06. The zero-order chi connectivity index (χ0) is 18.3. The fourth-order valence-corrected chi connectivity index (χ4v) is 2.63. The van der Waals surface area contributed by atoms with Gasteiger partial charge in [-0.15, -0.1) is 0 Å². The summed E-state index contributed by atoms with van der Waals surface area (Å²) in [5, 5.41) is 14.0. The molecular weight excluding hydrogens is 351 g/mol. The SMILES string of the molecule is CC(O)CN(CCNCc1cc(Cl)cc(Cl)c1)C(=O)OC(C)(C)C. The number of aliphatic hydroxyl groups excluding tert-OH is 1. The zero-order valence-electron chi connectivity index (χ0n) is 14.6. The number of halogens is 2. The monoisotopic (exact) mass is 376 g/mol. The smallest absolute Gasteiger partial charge is 0.410 e. The minimum Gasteiger partial charge on any atom is -0.444 e. The predicted octanol–water partition coefficient (Wildman–Crippen LogP) is 3.70. The molecule has 2 N–H and O–H groups in total. The van der Waals surface area contributed by atoms with Crippen LogP contribution in [-0.4, -0.2) is 47.4 Å². The van der Waals surface area contributed by atoms with E-state index in [-0.39, 0.29) is 6.54 Å². The van der Waals surface area contributed by atoms with Crippen LogP contribution in [0.3, 0.4) is 0 Å². The molecule has 0 bridgehead atoms. The first kappa shape index (κ1) is 21.0. The van der Waals surface area contributed by atoms with Gasteiger partial charge < -0.3 is 20.1 Å². The fraction of sp³-hybridized carbons (Fsp3) is 0.588. The number of ether oxygens (including phenoxy) is 1. The Hall–Kier alpha value is -1.01. The van der Waals surface area contributed by atoms with E-state index >= 15 is 0 Å². The van der Waals surface area contributed by atoms with E-state index in [1.807, 2.05) is 32.9 Å². The lowest BCUT2D eigenvalue weighted by Crippen LogP contribution is -2.43. The predicted molar refractivity (Wildman–Crippen MR) is 97.7 cm³/mol. The number of rotatable bonds is 7. The zero-order valence-corrected chi connectivity index (χ0v) is 16.1. The molecule has 24 heavy (non-hydrogen) atoms. The first-order chi connectivity index (χ1) is 11.1. The average molecular weight is 377 g/mol. The molecule has 0 spiro atoms. The van der Waals surface area contributed by atoms with Gasteiger partial charge in [0.2, 0.25) is 0 Å². The van der Waals surface area contributed by atoms with E-state index in [4.69, 9.17) is 27.9 Å². The number of hydrogen-bond acceptors (Lipinski definition) is 4. The van der Waals surface area contributed by atoms with Crippen molar-refractivity contribution in [1.82, 2.24) is 10.2 Å². The number of nitrogens with one attached hydrogen (secondary N) is 1. The van der Waals surface area contributed by atoms with E-state index in [0.717, 1.165) is 5.56 Å². The maximum Gasteiger partial charge on any atom is 0.410 e. The molecule has 0 aliphatic carbocycles. The van der Waals surface area contributed by atoms with Crippen molar-refractivity contribution in [3.63, 3.8) is 0 Å². The third kappa shape index (κ3) is 8.73. The normalized spacial score (nSPS) is 12.8. The van der Waals surface area contributed by atoms with E-state index in [1.54, 1.807) is 13.0 Å². The maximum absolute atomic E-state index is 12.2. The summed E-state index contributed by atoms with van der Waals surface area (Å²) in [4.78, 5) is 13.7. The van der Waals surface area contributed by atoms with Crippen LogP contribution in [0.25, 0.3) is 0 Å². The average Bonchev–Trinajstić information content (AvgIpc) is 2.38. The maximum atomic E-state index is 12.2. The number of carbonyl (C=O) groups excluding carboxylic acids is 1. The third-order valence-corrected chi connectivity index (χ3v) is 3.38. The minimum atomic E-state index is -0.621. The van der Waals surface area contributed by atoms with Gasteiger partial charge in [0, 0.05) is 36.2 Å². The molecule has 1 unspecified atom stereocenters. The van der Waals surface area contributed by atoms with Gasteiger partial charge in [0.05, 0.1) is 6.10 Å². The lowest BCUT2D eigenvalue weighted by Gasteiger charge is -2.28. The Morgan fingerprint density at radius 1 is 1.29 bits per heavy atom. The van der Waals surface area contributed by atoms with Crippen molar-refractivity contribution in [2.24, 2.45) is 0 Å². The van der Waals surface area contributed by atoms with Crippen LogP contribution in [0.2, 0.25) is 10.0 Å². The highest BCUT2D eigenvalue weighted by Gasteiger charge is 2.22. The molecule has 1 amide bonds. The Balaban J connectivity index is 2.51. The Morgan fingerprint density at radius 2 is 1.88 bits per heavy atom. The molecule has 0 aromatic heterocycles. The van der Waals surface area contributed by atoms with Gasteiger partial charge in [-0.05, 0) is 51.5 Å². The Bertz CT molecular complexity index is 525. The van der Waals surface area contributed by atoms with Crippen molar-refractivity contribution in [3.8, 4) is 0 Å². The van der Waals surface area contributed by atoms with E-state index in [9.17, 15) is 9.90 Å². The van der Waals surface area contributed by atoms with E-state index < -0.39 is 17.8 Å². The van der Waals surface area contributed by atoms with Crippen LogP contribution in [0, 0.1) is 0 Å². The van der Waals surface area contributed by atoms with E-state index in [2.05, 4.69) is 5.32 Å². The summed E-state index contributed by atoms with van der Waals surface area (Å²) < 4.78 is 5.36. The summed E-state index contributed by atoms with van der Waals surface area (Å²) in [6, 6.07) is 5.35. The highest BCUT2D eigenvalue weighted by atomic mass is 35.5. The van der Waals surface area contributed by atoms with Crippen LogP contribution < -0.4 is 5.32 Å². The molecule has 1 aromatic carbocycles. The van der Waals surface area contributed by atoms with Gasteiger partial charge in [-0.3, -0.25) is 0 Å². The molecule has 7 heteroatoms. The van der Waals surface area contributed by atoms with Crippen LogP contribution in [0.5, 0.6) is 0 Å². The number of benzene rings is 1. The van der Waals surface area contributed by atoms with Crippen LogP contribution in [0.4, 0.5) is 4.79 Å². The molecule has 1 rings (SSSR count). The number of hydrogen-bond donors (Lipinski definition) is 2. The summed E-state index contributed by atoms with van der Waals surface area (Å²) in [7, 11) is 0. The van der Waals surface area contributed by atoms with Crippen LogP contribution in [0.15, 0.2) is 18.2 Å². The van der Waals surface area contributed by atoms with Gasteiger partial charge in [0.25, 0.3) is 0 Å². The van der Waals surface area contributed by atoms with Gasteiger partial charge in [0.15, 0.2) is 0 Å². The van der Waals surface area contributed by atoms with Crippen molar-refractivity contribution < 1.29 is 14.6 Å². The molecule has 0 saturated carbocycles. The highest BCUT2D eigenvalue weighted by molar-refractivity contribution is 6.34. The number of nitrogens with zero attached hydrogens (tertiary/aromatic N) is 1. The molecule has 0 radical (unpaired) electrons. The van der Waals surface area contributed by atoms with Crippen LogP contribution in [0.1, 0.15) is 33.3 Å². The molecule has 0 saturated heterocycles. The number of aliphatic hydroxyl groups is 1. The van der Waals surface area contributed by atoms with Gasteiger partial charge in [-0.1, -0.05) is 23.2 Å². The van der Waals surface area contributed by atoms with Gasteiger partial charge >= 0.3 is 6.09 Å². The number of carbonyl (C=O) groups is 1. The van der Waals surface area contributed by atoms with Crippen LogP contribution in [-0.2, 0) is 11.3 Å². The lowest BCUT2D eigenvalue weighted by molar-refractivity contribution is 0.0164. The number of amides is 1. The highest BCUT2D eigenvalue weighted by Crippen LogP contribution is 2.18. The fourth-order valence-electron chi connectivity index (χ4n) is 2.06. The second kappa shape index (κ2) is 9.47. The largest absolute Gasteiger partial charge is 0.444 e. The summed E-state index contributed by atoms with van der Waals surface area (Å²) >= 11 is 11.9. The summed E-state index contributed by atoms with van der Waals surface area (Å²) in [5.41, 5.74) is 0.394. The van der Waals surface area contributed by atoms with Crippen molar-refractivity contribution in [2.45, 2.75) is 45.9 Å². The van der Waals surface area contributed by atoms with E-state index in [1.165, 1.54) is 4.90 Å². The van der Waals surface area contributed by atoms with Crippen LogP contribution >= 0.6 is 23.2 Å². The van der Waals surface area contributed by atoms with Crippen molar-refractivity contribution in [1.29, 1.82) is 0 Å². The van der Waals surface area contributed by atoms with Gasteiger partial charge in [0.1, 0.15) is 5.60 Å². The Morgan fingerprint density at radius 3 is 2.38 bits per heavy atom.